The zero-order chi connectivity index (χ0) is 16.6. The third-order valence-electron chi connectivity index (χ3n) is 6.12. The minimum absolute atomic E-state index is 0.000932. The summed E-state index contributed by atoms with van der Waals surface area (Å²) in [5, 5.41) is 10.8. The number of hydrogen-bond donors (Lipinski definition) is 1. The molecule has 0 aromatic heterocycles. The van der Waals surface area contributed by atoms with Gasteiger partial charge in [-0.2, -0.15) is 0 Å². The van der Waals surface area contributed by atoms with Crippen LogP contribution in [0.25, 0.3) is 6.08 Å². The fraction of sp³-hybridized carbons (Fsp3) is 0.571. The Balaban J connectivity index is 1.31. The molecule has 3 heteroatoms. The van der Waals surface area contributed by atoms with Crippen LogP contribution in [0.2, 0.25) is 0 Å². The summed E-state index contributed by atoms with van der Waals surface area (Å²) in [6, 6.07) is 10.0. The van der Waals surface area contributed by atoms with Crippen molar-refractivity contribution in [1.82, 2.24) is 0 Å². The van der Waals surface area contributed by atoms with E-state index in [0.29, 0.717) is 24.9 Å². The predicted molar refractivity (Wildman–Crippen MR) is 93.1 cm³/mol. The average Bonchev–Trinajstić information content (AvgIpc) is 2.49. The highest BCUT2D eigenvalue weighted by Gasteiger charge is 2.57. The van der Waals surface area contributed by atoms with Gasteiger partial charge >= 0.3 is 5.97 Å². The Bertz CT molecular complexity index is 620. The van der Waals surface area contributed by atoms with Gasteiger partial charge in [-0.15, -0.1) is 0 Å². The average molecular weight is 326 g/mol. The molecule has 2 atom stereocenters. The molecule has 2 unspecified atom stereocenters. The monoisotopic (exact) mass is 326 g/mol. The number of hydrogen-bond acceptors (Lipinski definition) is 3. The van der Waals surface area contributed by atoms with Crippen LogP contribution in [0.5, 0.6) is 0 Å². The van der Waals surface area contributed by atoms with Crippen LogP contribution in [0.3, 0.4) is 0 Å². The Labute approximate surface area is 143 Å². The Kier molecular flexibility index (Phi) is 4.00. The lowest BCUT2D eigenvalue weighted by Gasteiger charge is -2.60. The van der Waals surface area contributed by atoms with E-state index in [1.807, 2.05) is 42.5 Å². The first-order valence-electron chi connectivity index (χ1n) is 9.14. The van der Waals surface area contributed by atoms with Crippen molar-refractivity contribution < 1.29 is 14.6 Å². The molecule has 1 N–H and O–H groups in total. The first-order chi connectivity index (χ1) is 11.5. The molecule has 1 aromatic carbocycles. The Morgan fingerprint density at radius 1 is 1.17 bits per heavy atom. The van der Waals surface area contributed by atoms with E-state index in [-0.39, 0.29) is 11.4 Å². The summed E-state index contributed by atoms with van der Waals surface area (Å²) in [6.45, 7) is 0.320. The van der Waals surface area contributed by atoms with E-state index in [4.69, 9.17) is 4.74 Å². The molecule has 0 heterocycles. The fourth-order valence-electron chi connectivity index (χ4n) is 5.86. The highest BCUT2D eigenvalue weighted by Crippen LogP contribution is 2.62. The third kappa shape index (κ3) is 3.27. The molecule has 128 valence electrons. The number of carbonyl (C=O) groups excluding carboxylic acids is 1. The lowest BCUT2D eigenvalue weighted by atomic mass is 9.47. The first-order valence-corrected chi connectivity index (χ1v) is 9.14. The van der Waals surface area contributed by atoms with Crippen LogP contribution >= 0.6 is 0 Å². The number of ether oxygens (including phenoxy) is 1. The number of benzene rings is 1. The maximum absolute atomic E-state index is 12.3. The second kappa shape index (κ2) is 6.03. The van der Waals surface area contributed by atoms with Crippen LogP contribution in [0, 0.1) is 17.3 Å². The molecule has 4 fully saturated rings. The highest BCUT2D eigenvalue weighted by molar-refractivity contribution is 5.70. The van der Waals surface area contributed by atoms with Gasteiger partial charge in [0.15, 0.2) is 0 Å². The molecule has 0 aliphatic heterocycles. The van der Waals surface area contributed by atoms with Gasteiger partial charge in [-0.25, -0.2) is 0 Å². The summed E-state index contributed by atoms with van der Waals surface area (Å²) in [6.07, 6.45) is 10.5. The van der Waals surface area contributed by atoms with Crippen LogP contribution < -0.4 is 0 Å². The molecule has 4 bridgehead atoms. The minimum Gasteiger partial charge on any atom is -0.461 e. The summed E-state index contributed by atoms with van der Waals surface area (Å²) in [5.41, 5.74) is 0.605. The number of esters is 1. The van der Waals surface area contributed by atoms with Crippen molar-refractivity contribution in [2.24, 2.45) is 17.3 Å². The first kappa shape index (κ1) is 15.9. The Hall–Kier alpha value is -1.61. The van der Waals surface area contributed by atoms with Gasteiger partial charge in [0, 0.05) is 0 Å². The maximum atomic E-state index is 12.3. The van der Waals surface area contributed by atoms with Crippen molar-refractivity contribution in [1.29, 1.82) is 0 Å². The molecule has 5 rings (SSSR count). The molecular formula is C21H26O3. The molecule has 0 spiro atoms. The zero-order valence-electron chi connectivity index (χ0n) is 14.1. The zero-order valence-corrected chi connectivity index (χ0v) is 14.1. The quantitative estimate of drug-likeness (QED) is 0.833. The van der Waals surface area contributed by atoms with Gasteiger partial charge in [-0.1, -0.05) is 36.4 Å². The van der Waals surface area contributed by atoms with Gasteiger partial charge in [-0.3, -0.25) is 4.79 Å². The molecular weight excluding hydrogens is 300 g/mol. The summed E-state index contributed by atoms with van der Waals surface area (Å²) in [7, 11) is 0. The minimum atomic E-state index is -0.502. The van der Waals surface area contributed by atoms with Gasteiger partial charge in [-0.05, 0) is 67.4 Å². The van der Waals surface area contributed by atoms with E-state index in [9.17, 15) is 9.90 Å². The van der Waals surface area contributed by atoms with Gasteiger partial charge in [0.25, 0.3) is 0 Å². The van der Waals surface area contributed by atoms with E-state index < -0.39 is 5.60 Å². The fourth-order valence-corrected chi connectivity index (χ4v) is 5.86. The van der Waals surface area contributed by atoms with Gasteiger partial charge in [0.2, 0.25) is 0 Å². The van der Waals surface area contributed by atoms with Crippen LogP contribution in [-0.2, 0) is 9.53 Å². The highest BCUT2D eigenvalue weighted by atomic mass is 16.5. The smallest absolute Gasteiger partial charge is 0.306 e. The topological polar surface area (TPSA) is 46.5 Å². The molecule has 1 aromatic rings. The summed E-state index contributed by atoms with van der Waals surface area (Å²) in [4.78, 5) is 12.3. The van der Waals surface area contributed by atoms with Crippen LogP contribution in [-0.4, -0.2) is 23.3 Å². The number of rotatable bonds is 5. The van der Waals surface area contributed by atoms with Gasteiger partial charge < -0.3 is 9.84 Å². The van der Waals surface area contributed by atoms with Crippen molar-refractivity contribution in [3.63, 3.8) is 0 Å². The number of carbonyl (C=O) groups is 1. The summed E-state index contributed by atoms with van der Waals surface area (Å²) in [5.74, 6) is 1.11. The number of aliphatic hydroxyl groups is 1. The van der Waals surface area contributed by atoms with Crippen molar-refractivity contribution in [3.05, 3.63) is 42.0 Å². The van der Waals surface area contributed by atoms with E-state index in [1.165, 1.54) is 6.42 Å². The van der Waals surface area contributed by atoms with Crippen molar-refractivity contribution in [3.8, 4) is 0 Å². The second-order valence-corrected chi connectivity index (χ2v) is 8.36. The third-order valence-corrected chi connectivity index (χ3v) is 6.12. The molecule has 4 aliphatic carbocycles. The summed E-state index contributed by atoms with van der Waals surface area (Å²) < 4.78 is 5.43. The molecule has 0 saturated heterocycles. The van der Waals surface area contributed by atoms with Crippen molar-refractivity contribution in [2.75, 3.05) is 6.61 Å². The predicted octanol–water partition coefficient (Wildman–Crippen LogP) is 3.96. The van der Waals surface area contributed by atoms with Gasteiger partial charge in [0.05, 0.1) is 12.0 Å². The molecule has 0 radical (unpaired) electrons. The lowest BCUT2D eigenvalue weighted by molar-refractivity contribution is -0.176. The maximum Gasteiger partial charge on any atom is 0.306 e. The van der Waals surface area contributed by atoms with E-state index in [2.05, 4.69) is 0 Å². The molecule has 0 amide bonds. The van der Waals surface area contributed by atoms with E-state index in [0.717, 1.165) is 37.7 Å². The molecule has 3 nitrogen and oxygen atoms in total. The lowest BCUT2D eigenvalue weighted by Crippen LogP contribution is -2.56. The molecule has 4 saturated carbocycles. The largest absolute Gasteiger partial charge is 0.461 e. The molecule has 4 aliphatic rings. The van der Waals surface area contributed by atoms with Crippen LogP contribution in [0.15, 0.2) is 36.4 Å². The molecule has 24 heavy (non-hydrogen) atoms. The van der Waals surface area contributed by atoms with Crippen molar-refractivity contribution in [2.45, 2.75) is 50.5 Å². The summed E-state index contributed by atoms with van der Waals surface area (Å²) >= 11 is 0. The SMILES string of the molecule is O=C(CC12CC3CC(CC(O)(C3)C1)C2)OCC=Cc1ccccc1. The standard InChI is InChI=1S/C21H26O3/c22-19(24-8-4-7-16-5-2-1-3-6-16)14-20-10-17-9-18(11-20)13-21(23,12-17)15-20/h1-7,17-18,23H,8-15H2. The Morgan fingerprint density at radius 3 is 2.54 bits per heavy atom. The second-order valence-electron chi connectivity index (χ2n) is 8.36. The van der Waals surface area contributed by atoms with Gasteiger partial charge in [0.1, 0.15) is 6.61 Å². The Morgan fingerprint density at radius 2 is 1.88 bits per heavy atom. The van der Waals surface area contributed by atoms with Crippen molar-refractivity contribution >= 4 is 12.0 Å². The normalized spacial score (nSPS) is 37.0. The van der Waals surface area contributed by atoms with Crippen LogP contribution in [0.4, 0.5) is 0 Å². The van der Waals surface area contributed by atoms with Crippen LogP contribution in [0.1, 0.15) is 50.5 Å². The van der Waals surface area contributed by atoms with E-state index >= 15 is 0 Å². The van der Waals surface area contributed by atoms with E-state index in [1.54, 1.807) is 0 Å².